The van der Waals surface area contributed by atoms with Gasteiger partial charge in [-0.15, -0.1) is 12.4 Å². The van der Waals surface area contributed by atoms with Crippen LogP contribution in [0.1, 0.15) is 18.4 Å². The number of benzene rings is 1. The molecule has 132 valence electrons. The smallest absolute Gasteiger partial charge is 0.416 e. The first-order valence-corrected chi connectivity index (χ1v) is 6.61. The van der Waals surface area contributed by atoms with Crippen molar-refractivity contribution >= 4 is 18.4 Å². The summed E-state index contributed by atoms with van der Waals surface area (Å²) in [5.74, 6) is -0.874. The predicted octanol–water partition coefficient (Wildman–Crippen LogP) is 3.08. The van der Waals surface area contributed by atoms with Gasteiger partial charge in [0.05, 0.1) is 12.1 Å². The van der Waals surface area contributed by atoms with Crippen molar-refractivity contribution in [1.82, 2.24) is 15.0 Å². The number of carbonyl (C=O) groups is 1. The fraction of sp³-hybridized carbons (Fsp3) is 0.357. The molecule has 24 heavy (non-hydrogen) atoms. The van der Waals surface area contributed by atoms with Crippen molar-refractivity contribution in [2.45, 2.75) is 25.7 Å². The second-order valence-electron chi connectivity index (χ2n) is 5.02. The van der Waals surface area contributed by atoms with Gasteiger partial charge in [-0.05, 0) is 26.1 Å². The highest BCUT2D eigenvalue weighted by molar-refractivity contribution is 5.85. The number of aliphatic carboxylic acids is 1. The van der Waals surface area contributed by atoms with E-state index in [9.17, 15) is 18.0 Å². The maximum Gasteiger partial charge on any atom is 0.416 e. The summed E-state index contributed by atoms with van der Waals surface area (Å²) in [5.41, 5.74) is -0.637. The zero-order valence-electron chi connectivity index (χ0n) is 12.7. The standard InChI is InChI=1S/C14H14F3N3O3.ClH/c1-8(13(21)22)20(2)7-11-18-12(19-23-11)9-4-3-5-10(6-9)14(15,16)17;/h3-6,8H,7H2,1-2H3,(H,21,22);1H. The maximum atomic E-state index is 12.7. The Morgan fingerprint density at radius 2 is 2.08 bits per heavy atom. The highest BCUT2D eigenvalue weighted by Crippen LogP contribution is 2.31. The number of alkyl halides is 3. The summed E-state index contributed by atoms with van der Waals surface area (Å²) in [6, 6.07) is 3.81. The SMILES string of the molecule is CC(C(=O)O)N(C)Cc1nc(-c2cccc(C(F)(F)F)c2)no1.Cl. The van der Waals surface area contributed by atoms with Gasteiger partial charge < -0.3 is 9.63 Å². The van der Waals surface area contributed by atoms with Gasteiger partial charge in [-0.25, -0.2) is 0 Å². The molecule has 1 unspecified atom stereocenters. The van der Waals surface area contributed by atoms with Crippen LogP contribution in [0.4, 0.5) is 13.2 Å². The van der Waals surface area contributed by atoms with Crippen LogP contribution >= 0.6 is 12.4 Å². The Hall–Kier alpha value is -2.13. The van der Waals surface area contributed by atoms with Crippen LogP contribution in [0.15, 0.2) is 28.8 Å². The molecule has 0 spiro atoms. The second kappa shape index (κ2) is 7.63. The molecule has 0 saturated heterocycles. The van der Waals surface area contributed by atoms with E-state index in [-0.39, 0.29) is 36.2 Å². The van der Waals surface area contributed by atoms with E-state index in [1.807, 2.05) is 0 Å². The van der Waals surface area contributed by atoms with Gasteiger partial charge in [0.1, 0.15) is 6.04 Å². The maximum absolute atomic E-state index is 12.7. The monoisotopic (exact) mass is 365 g/mol. The van der Waals surface area contributed by atoms with Gasteiger partial charge >= 0.3 is 12.1 Å². The highest BCUT2D eigenvalue weighted by atomic mass is 35.5. The molecule has 1 aromatic heterocycles. The van der Waals surface area contributed by atoms with Crippen LogP contribution in [-0.4, -0.2) is 39.2 Å². The van der Waals surface area contributed by atoms with E-state index in [1.54, 1.807) is 7.05 Å². The van der Waals surface area contributed by atoms with E-state index in [0.29, 0.717) is 0 Å². The van der Waals surface area contributed by atoms with Crippen LogP contribution < -0.4 is 0 Å². The Labute approximate surface area is 141 Å². The quantitative estimate of drug-likeness (QED) is 0.877. The Morgan fingerprint density at radius 1 is 1.42 bits per heavy atom. The van der Waals surface area contributed by atoms with Gasteiger partial charge in [-0.3, -0.25) is 9.69 Å². The van der Waals surface area contributed by atoms with Gasteiger partial charge in [-0.2, -0.15) is 18.2 Å². The molecule has 0 aliphatic heterocycles. The molecule has 0 saturated carbocycles. The molecule has 6 nitrogen and oxygen atoms in total. The lowest BCUT2D eigenvalue weighted by Crippen LogP contribution is -2.35. The minimum absolute atomic E-state index is 0. The fourth-order valence-corrected chi connectivity index (χ4v) is 1.81. The number of halogens is 4. The van der Waals surface area contributed by atoms with Crippen molar-refractivity contribution < 1.29 is 27.6 Å². The van der Waals surface area contributed by atoms with Gasteiger partial charge in [-0.1, -0.05) is 17.3 Å². The van der Waals surface area contributed by atoms with E-state index in [0.717, 1.165) is 12.1 Å². The lowest BCUT2D eigenvalue weighted by Gasteiger charge is -2.18. The molecule has 1 heterocycles. The summed E-state index contributed by atoms with van der Waals surface area (Å²) in [6.07, 6.45) is -4.46. The Kier molecular flexibility index (Phi) is 6.33. The van der Waals surface area contributed by atoms with Crippen molar-refractivity contribution in [2.24, 2.45) is 0 Å². The zero-order valence-corrected chi connectivity index (χ0v) is 13.6. The van der Waals surface area contributed by atoms with Gasteiger partial charge in [0.25, 0.3) is 0 Å². The number of nitrogens with zero attached hydrogens (tertiary/aromatic N) is 3. The molecule has 1 aromatic carbocycles. The van der Waals surface area contributed by atoms with E-state index >= 15 is 0 Å². The Morgan fingerprint density at radius 3 is 2.67 bits per heavy atom. The van der Waals surface area contributed by atoms with E-state index in [1.165, 1.54) is 24.0 Å². The van der Waals surface area contributed by atoms with Gasteiger partial charge in [0, 0.05) is 5.56 Å². The number of carboxylic acids is 1. The lowest BCUT2D eigenvalue weighted by atomic mass is 10.1. The highest BCUT2D eigenvalue weighted by Gasteiger charge is 2.30. The summed E-state index contributed by atoms with van der Waals surface area (Å²) >= 11 is 0. The van der Waals surface area contributed by atoms with Crippen molar-refractivity contribution in [3.8, 4) is 11.4 Å². The third-order valence-corrected chi connectivity index (χ3v) is 3.32. The number of hydrogen-bond donors (Lipinski definition) is 1. The molecule has 1 atom stereocenters. The topological polar surface area (TPSA) is 79.5 Å². The lowest BCUT2D eigenvalue weighted by molar-refractivity contribution is -0.142. The predicted molar refractivity (Wildman–Crippen MR) is 80.5 cm³/mol. The van der Waals surface area contributed by atoms with E-state index in [4.69, 9.17) is 9.63 Å². The molecule has 0 aliphatic carbocycles. The summed E-state index contributed by atoms with van der Waals surface area (Å²) in [4.78, 5) is 16.3. The van der Waals surface area contributed by atoms with Crippen molar-refractivity contribution in [3.63, 3.8) is 0 Å². The summed E-state index contributed by atoms with van der Waals surface area (Å²) in [7, 11) is 1.56. The largest absolute Gasteiger partial charge is 0.480 e. The Balaban J connectivity index is 0.00000288. The average Bonchev–Trinajstić information content (AvgIpc) is 2.94. The third kappa shape index (κ3) is 4.68. The summed E-state index contributed by atoms with van der Waals surface area (Å²) < 4.78 is 43.1. The van der Waals surface area contributed by atoms with Crippen LogP contribution in [0.25, 0.3) is 11.4 Å². The number of hydrogen-bond acceptors (Lipinski definition) is 5. The first kappa shape index (κ1) is 19.9. The molecular weight excluding hydrogens is 351 g/mol. The minimum atomic E-state index is -4.46. The molecule has 2 aromatic rings. The molecule has 1 N–H and O–H groups in total. The zero-order chi connectivity index (χ0) is 17.2. The molecular formula is C14H15ClF3N3O3. The van der Waals surface area contributed by atoms with Crippen LogP contribution in [0.5, 0.6) is 0 Å². The molecule has 0 fully saturated rings. The van der Waals surface area contributed by atoms with Crippen LogP contribution in [0.2, 0.25) is 0 Å². The fourth-order valence-electron chi connectivity index (χ4n) is 1.81. The third-order valence-electron chi connectivity index (χ3n) is 3.32. The number of aromatic nitrogens is 2. The van der Waals surface area contributed by atoms with Gasteiger partial charge in [0.2, 0.25) is 11.7 Å². The number of rotatable bonds is 5. The Bertz CT molecular complexity index is 706. The van der Waals surface area contributed by atoms with E-state index in [2.05, 4.69) is 10.1 Å². The van der Waals surface area contributed by atoms with Gasteiger partial charge in [0.15, 0.2) is 0 Å². The molecule has 0 radical (unpaired) electrons. The molecule has 0 amide bonds. The number of carboxylic acid groups (broad SMARTS) is 1. The van der Waals surface area contributed by atoms with Crippen molar-refractivity contribution in [3.05, 3.63) is 35.7 Å². The normalized spacial score (nSPS) is 12.8. The van der Waals surface area contributed by atoms with Crippen LogP contribution in [-0.2, 0) is 17.5 Å². The van der Waals surface area contributed by atoms with Crippen molar-refractivity contribution in [2.75, 3.05) is 7.05 Å². The first-order chi connectivity index (χ1) is 10.7. The van der Waals surface area contributed by atoms with Crippen molar-refractivity contribution in [1.29, 1.82) is 0 Å². The van der Waals surface area contributed by atoms with E-state index < -0.39 is 23.8 Å². The van der Waals surface area contributed by atoms with Crippen LogP contribution in [0, 0.1) is 0 Å². The molecule has 0 bridgehead atoms. The molecule has 0 aliphatic rings. The average molecular weight is 366 g/mol. The molecule has 2 rings (SSSR count). The molecule has 10 heteroatoms. The minimum Gasteiger partial charge on any atom is -0.480 e. The second-order valence-corrected chi connectivity index (χ2v) is 5.02. The summed E-state index contributed by atoms with van der Waals surface area (Å²) in [5, 5.41) is 12.5. The summed E-state index contributed by atoms with van der Waals surface area (Å²) in [6.45, 7) is 1.56. The first-order valence-electron chi connectivity index (χ1n) is 6.61. The van der Waals surface area contributed by atoms with Crippen LogP contribution in [0.3, 0.4) is 0 Å². The number of likely N-dealkylation sites (N-methyl/N-ethyl adjacent to an activating group) is 1.